The number of rotatable bonds is 2. The molecule has 2 radical (unpaired) electrons. The van der Waals surface area contributed by atoms with Gasteiger partial charge in [-0.05, 0) is 49.7 Å². The number of hydrogen-bond acceptors (Lipinski definition) is 5. The second-order valence-corrected chi connectivity index (χ2v) is 10.1. The van der Waals surface area contributed by atoms with Crippen molar-refractivity contribution in [3.63, 3.8) is 0 Å². The maximum atomic E-state index is 11.9. The van der Waals surface area contributed by atoms with Crippen molar-refractivity contribution in [1.29, 1.82) is 0 Å². The Bertz CT molecular complexity index is 790. The van der Waals surface area contributed by atoms with E-state index < -0.39 is 10.0 Å². The Hall–Kier alpha value is -1.09. The molecule has 8 heteroatoms. The third-order valence-electron chi connectivity index (χ3n) is 6.32. The van der Waals surface area contributed by atoms with E-state index in [4.69, 9.17) is 17.3 Å². The molecule has 0 spiro atoms. The van der Waals surface area contributed by atoms with E-state index in [1.54, 1.807) is 0 Å². The fourth-order valence-electron chi connectivity index (χ4n) is 4.93. The van der Waals surface area contributed by atoms with Gasteiger partial charge in [-0.1, -0.05) is 24.0 Å². The first-order valence-electron chi connectivity index (χ1n) is 10.2. The second-order valence-electron chi connectivity index (χ2n) is 8.37. The monoisotopic (exact) mass is 404 g/mol. The van der Waals surface area contributed by atoms with E-state index in [0.29, 0.717) is 13.3 Å². The molecule has 3 aliphatic heterocycles. The predicted octanol–water partition coefficient (Wildman–Crippen LogP) is 2.03. The third-order valence-corrected chi connectivity index (χ3v) is 7.05. The van der Waals surface area contributed by atoms with Crippen molar-refractivity contribution in [3.8, 4) is 5.75 Å². The maximum absolute atomic E-state index is 11.9. The number of nitrogens with zero attached hydrogens (tertiary/aromatic N) is 1. The number of piperidine rings is 1. The van der Waals surface area contributed by atoms with E-state index in [1.165, 1.54) is 11.8 Å². The highest BCUT2D eigenvalue weighted by molar-refractivity contribution is 7.88. The molecule has 2 bridgehead atoms. The van der Waals surface area contributed by atoms with E-state index in [9.17, 15) is 8.42 Å². The quantitative estimate of drug-likeness (QED) is 0.765. The summed E-state index contributed by atoms with van der Waals surface area (Å²) in [4.78, 5) is 2.21. The van der Waals surface area contributed by atoms with Gasteiger partial charge in [-0.2, -0.15) is 0 Å². The van der Waals surface area contributed by atoms with Gasteiger partial charge < -0.3 is 9.47 Å². The van der Waals surface area contributed by atoms with Gasteiger partial charge in [-0.3, -0.25) is 4.90 Å². The van der Waals surface area contributed by atoms with E-state index in [-0.39, 0.29) is 29.9 Å². The molecule has 4 aliphatic rings. The molecule has 6 nitrogen and oxygen atoms in total. The van der Waals surface area contributed by atoms with Gasteiger partial charge in [-0.15, -0.1) is 0 Å². The predicted molar refractivity (Wildman–Crippen MR) is 109 cm³/mol. The lowest BCUT2D eigenvalue weighted by Crippen LogP contribution is -2.58. The Morgan fingerprint density at radius 3 is 2.82 bits per heavy atom. The second kappa shape index (κ2) is 8.34. The van der Waals surface area contributed by atoms with Crippen LogP contribution >= 0.6 is 0 Å². The van der Waals surface area contributed by atoms with Gasteiger partial charge in [0.15, 0.2) is 0 Å². The highest BCUT2D eigenvalue weighted by Crippen LogP contribution is 2.44. The van der Waals surface area contributed by atoms with Crippen LogP contribution in [0.25, 0.3) is 0 Å². The lowest BCUT2D eigenvalue weighted by atomic mass is 9.64. The average molecular weight is 404 g/mol. The van der Waals surface area contributed by atoms with Crippen LogP contribution in [0.2, 0.25) is 5.82 Å². The number of benzene rings is 1. The van der Waals surface area contributed by atoms with Gasteiger partial charge in [0.05, 0.1) is 32.9 Å². The minimum Gasteiger partial charge on any atom is -0.478 e. The van der Waals surface area contributed by atoms with Crippen molar-refractivity contribution in [1.82, 2.24) is 9.62 Å². The average Bonchev–Trinajstić information content (AvgIpc) is 2.64. The van der Waals surface area contributed by atoms with Gasteiger partial charge in [0.1, 0.15) is 12.5 Å². The van der Waals surface area contributed by atoms with Gasteiger partial charge in [0, 0.05) is 12.6 Å². The normalized spacial score (nSPS) is 34.4. The summed E-state index contributed by atoms with van der Waals surface area (Å²) in [6.07, 6.45) is 5.83. The Balaban J connectivity index is 1.62. The molecule has 28 heavy (non-hydrogen) atoms. The lowest BCUT2D eigenvalue weighted by molar-refractivity contribution is -0.0474. The van der Waals surface area contributed by atoms with Gasteiger partial charge in [-0.25, -0.2) is 13.1 Å². The maximum Gasteiger partial charge on any atom is 0.209 e. The van der Waals surface area contributed by atoms with E-state index in [2.05, 4.69) is 15.7 Å². The largest absolute Gasteiger partial charge is 0.478 e. The first kappa shape index (κ1) is 20.2. The third kappa shape index (κ3) is 4.56. The summed E-state index contributed by atoms with van der Waals surface area (Å²) in [6, 6.07) is 7.95. The summed E-state index contributed by atoms with van der Waals surface area (Å²) in [6.45, 7) is 1.77. The molecular formula is C20H29BN2O4S. The van der Waals surface area contributed by atoms with Crippen LogP contribution in [0.4, 0.5) is 0 Å². The van der Waals surface area contributed by atoms with Gasteiger partial charge in [0.25, 0.3) is 0 Å². The number of fused-ring (bicyclic) bond motifs is 4. The summed E-state index contributed by atoms with van der Waals surface area (Å²) < 4.78 is 39.0. The van der Waals surface area contributed by atoms with E-state index >= 15 is 0 Å². The first-order valence-corrected chi connectivity index (χ1v) is 12.1. The Morgan fingerprint density at radius 2 is 2.04 bits per heavy atom. The zero-order valence-electron chi connectivity index (χ0n) is 16.4. The molecule has 1 unspecified atom stereocenters. The van der Waals surface area contributed by atoms with Crippen LogP contribution in [0.3, 0.4) is 0 Å². The van der Waals surface area contributed by atoms with E-state index in [1.807, 2.05) is 18.2 Å². The molecule has 5 rings (SSSR count). The number of para-hydroxylation sites is 1. The topological polar surface area (TPSA) is 67.9 Å². The Labute approximate surface area is 169 Å². The Morgan fingerprint density at radius 1 is 1.21 bits per heavy atom. The number of ether oxygens (including phenoxy) is 2. The van der Waals surface area contributed by atoms with Gasteiger partial charge in [0.2, 0.25) is 10.0 Å². The van der Waals surface area contributed by atoms with Crippen molar-refractivity contribution in [3.05, 3.63) is 29.8 Å². The highest BCUT2D eigenvalue weighted by atomic mass is 32.2. The zero-order chi connectivity index (χ0) is 19.7. The van der Waals surface area contributed by atoms with Gasteiger partial charge >= 0.3 is 0 Å². The highest BCUT2D eigenvalue weighted by Gasteiger charge is 2.37. The Kier molecular flexibility index (Phi) is 6.02. The molecular weight excluding hydrogens is 375 g/mol. The molecule has 1 aliphatic carbocycles. The molecule has 3 heterocycles. The van der Waals surface area contributed by atoms with Crippen molar-refractivity contribution in [2.24, 2.45) is 0 Å². The zero-order valence-corrected chi connectivity index (χ0v) is 17.2. The number of nitrogens with one attached hydrogen (secondary N) is 1. The fourth-order valence-corrected chi connectivity index (χ4v) is 5.75. The van der Waals surface area contributed by atoms with Crippen molar-refractivity contribution in [2.45, 2.75) is 62.0 Å². The fraction of sp³-hybridized carbons (Fsp3) is 0.700. The van der Waals surface area contributed by atoms with Crippen LogP contribution in [0.5, 0.6) is 5.75 Å². The summed E-state index contributed by atoms with van der Waals surface area (Å²) >= 11 is 0. The first-order chi connectivity index (χ1) is 13.4. The number of hydrogen-bond donors (Lipinski definition) is 1. The van der Waals surface area contributed by atoms with Crippen LogP contribution in [0, 0.1) is 0 Å². The lowest BCUT2D eigenvalue weighted by Gasteiger charge is -2.43. The van der Waals surface area contributed by atoms with Crippen LogP contribution in [0.15, 0.2) is 24.3 Å². The molecule has 5 atom stereocenters. The molecule has 1 saturated heterocycles. The van der Waals surface area contributed by atoms with Crippen LogP contribution in [-0.4, -0.2) is 65.5 Å². The minimum absolute atomic E-state index is 0.0373. The molecule has 0 amide bonds. The van der Waals surface area contributed by atoms with Crippen LogP contribution < -0.4 is 9.46 Å². The van der Waals surface area contributed by atoms with Crippen molar-refractivity contribution < 1.29 is 17.9 Å². The molecule has 152 valence electrons. The number of sulfonamides is 1. The molecule has 0 aromatic heterocycles. The van der Waals surface area contributed by atoms with Crippen LogP contribution in [0.1, 0.15) is 43.6 Å². The standard InChI is InChI=1S/C20H29BN2O4S/c1-28(24,25)22-18-6-4-10-23-13-27-20-7-3-2-5-16(20)15-9-8-14(11-17(15)21)26-12-19(18)23/h2-3,5,7,14-15,17-19,22H,4,6,8-13H2,1H3/t14-,15-,17?,18+,19+/m1/s1. The molecule has 2 fully saturated rings. The molecule has 1 saturated carbocycles. The summed E-state index contributed by atoms with van der Waals surface area (Å²) in [5, 5.41) is 0. The molecule has 1 aromatic rings. The summed E-state index contributed by atoms with van der Waals surface area (Å²) in [7, 11) is 3.23. The summed E-state index contributed by atoms with van der Waals surface area (Å²) in [5.41, 5.74) is 1.17. The van der Waals surface area contributed by atoms with E-state index in [0.717, 1.165) is 44.4 Å². The smallest absolute Gasteiger partial charge is 0.209 e. The minimum atomic E-state index is -3.29. The van der Waals surface area contributed by atoms with Crippen LogP contribution in [-0.2, 0) is 14.8 Å². The van der Waals surface area contributed by atoms with Crippen molar-refractivity contribution in [2.75, 3.05) is 26.1 Å². The SMILES string of the molecule is [B]C1C[C@H]2CC[C@@H]1c1ccccc1OCN1CCC[C@H](NS(C)(=O)=O)[C@@H]1CO2. The van der Waals surface area contributed by atoms with Crippen molar-refractivity contribution >= 4 is 17.9 Å². The molecule has 1 aromatic carbocycles. The molecule has 1 N–H and O–H groups in total. The summed E-state index contributed by atoms with van der Waals surface area (Å²) in [5.74, 6) is 1.21.